The second kappa shape index (κ2) is 6.29. The lowest BCUT2D eigenvalue weighted by molar-refractivity contribution is -0.138. The summed E-state index contributed by atoms with van der Waals surface area (Å²) < 4.78 is 36.1. The Morgan fingerprint density at radius 2 is 1.80 bits per heavy atom. The number of ether oxygens (including phenoxy) is 2. The van der Waals surface area contributed by atoms with E-state index in [1.165, 1.54) is 27.2 Å². The van der Waals surface area contributed by atoms with Crippen molar-refractivity contribution in [1.82, 2.24) is 4.72 Å². The molecule has 0 saturated heterocycles. The summed E-state index contributed by atoms with van der Waals surface area (Å²) in [5.74, 6) is -0.867. The Morgan fingerprint density at radius 1 is 1.30 bits per heavy atom. The molecule has 0 unspecified atom stereocenters. The van der Waals surface area contributed by atoms with Gasteiger partial charge in [-0.2, -0.15) is 4.72 Å². The lowest BCUT2D eigenvalue weighted by atomic mass is 10.3. The molecule has 0 aliphatic rings. The molecule has 0 radical (unpaired) electrons. The van der Waals surface area contributed by atoms with Gasteiger partial charge in [0.1, 0.15) is 10.9 Å². The summed E-state index contributed by atoms with van der Waals surface area (Å²) in [5.41, 5.74) is 0. The molecule has 1 atom stereocenters. The fourth-order valence-corrected chi connectivity index (χ4v) is 3.12. The zero-order valence-corrected chi connectivity index (χ0v) is 12.6. The number of aliphatic carboxylic acids is 1. The third kappa shape index (κ3) is 3.53. The summed E-state index contributed by atoms with van der Waals surface area (Å²) in [7, 11) is -1.37. The Bertz CT molecular complexity index is 616. The number of methoxy groups -OCH3 is 2. The number of benzene rings is 1. The standard InChI is InChI=1S/C11H14ClNO6S/c1-6(11(14)15)13-20(16,17)10-5-9(19-3)8(18-2)4-7(10)12/h4-6,13H,1-3H3,(H,14,15)/t6-/m0/s1. The second-order valence-electron chi connectivity index (χ2n) is 3.82. The highest BCUT2D eigenvalue weighted by Crippen LogP contribution is 2.35. The number of nitrogens with one attached hydrogen (secondary N) is 1. The van der Waals surface area contributed by atoms with Gasteiger partial charge < -0.3 is 14.6 Å². The van der Waals surface area contributed by atoms with Crippen molar-refractivity contribution in [2.24, 2.45) is 0 Å². The van der Waals surface area contributed by atoms with E-state index in [2.05, 4.69) is 0 Å². The molecule has 0 aliphatic heterocycles. The van der Waals surface area contributed by atoms with E-state index in [9.17, 15) is 13.2 Å². The van der Waals surface area contributed by atoms with Crippen LogP contribution in [0.5, 0.6) is 11.5 Å². The van der Waals surface area contributed by atoms with E-state index in [4.69, 9.17) is 26.2 Å². The van der Waals surface area contributed by atoms with Crippen LogP contribution < -0.4 is 14.2 Å². The molecule has 1 aromatic rings. The zero-order chi connectivity index (χ0) is 15.5. The average molecular weight is 324 g/mol. The fourth-order valence-electron chi connectivity index (χ4n) is 1.39. The third-order valence-electron chi connectivity index (χ3n) is 2.43. The van der Waals surface area contributed by atoms with Crippen LogP contribution in [0.1, 0.15) is 6.92 Å². The number of hydrogen-bond donors (Lipinski definition) is 2. The number of carboxylic acids is 1. The first-order chi connectivity index (χ1) is 9.22. The van der Waals surface area contributed by atoms with E-state index in [0.717, 1.165) is 6.07 Å². The van der Waals surface area contributed by atoms with E-state index >= 15 is 0 Å². The Balaban J connectivity index is 3.28. The largest absolute Gasteiger partial charge is 0.493 e. The Labute approximate surface area is 121 Å². The summed E-state index contributed by atoms with van der Waals surface area (Å²) in [5, 5.41) is 8.64. The molecular weight excluding hydrogens is 310 g/mol. The van der Waals surface area contributed by atoms with Gasteiger partial charge >= 0.3 is 5.97 Å². The topological polar surface area (TPSA) is 102 Å². The molecular formula is C11H14ClNO6S. The average Bonchev–Trinajstić information content (AvgIpc) is 2.37. The minimum absolute atomic E-state index is 0.104. The number of hydrogen-bond acceptors (Lipinski definition) is 5. The molecule has 0 aliphatic carbocycles. The van der Waals surface area contributed by atoms with Gasteiger partial charge in [-0.3, -0.25) is 4.79 Å². The fraction of sp³-hybridized carbons (Fsp3) is 0.364. The van der Waals surface area contributed by atoms with Crippen LogP contribution in [0, 0.1) is 0 Å². The molecule has 20 heavy (non-hydrogen) atoms. The predicted molar refractivity (Wildman–Crippen MR) is 72.0 cm³/mol. The molecule has 0 aromatic heterocycles. The molecule has 1 aromatic carbocycles. The number of rotatable bonds is 6. The van der Waals surface area contributed by atoms with Crippen LogP contribution in [0.15, 0.2) is 17.0 Å². The first-order valence-corrected chi connectivity index (χ1v) is 7.25. The van der Waals surface area contributed by atoms with Gasteiger partial charge in [-0.15, -0.1) is 0 Å². The Kier molecular flexibility index (Phi) is 5.21. The van der Waals surface area contributed by atoms with Crippen LogP contribution >= 0.6 is 11.6 Å². The van der Waals surface area contributed by atoms with Crippen LogP contribution in [0.2, 0.25) is 5.02 Å². The predicted octanol–water partition coefficient (Wildman–Crippen LogP) is 1.11. The monoisotopic (exact) mass is 323 g/mol. The van der Waals surface area contributed by atoms with Crippen LogP contribution in [0.3, 0.4) is 0 Å². The van der Waals surface area contributed by atoms with Crippen LogP contribution in [0.25, 0.3) is 0 Å². The van der Waals surface area contributed by atoms with Gasteiger partial charge in [-0.25, -0.2) is 8.42 Å². The van der Waals surface area contributed by atoms with Crippen molar-refractivity contribution in [3.63, 3.8) is 0 Å². The van der Waals surface area contributed by atoms with Crippen LogP contribution in [-0.2, 0) is 14.8 Å². The van der Waals surface area contributed by atoms with E-state index in [1.807, 2.05) is 4.72 Å². The van der Waals surface area contributed by atoms with Gasteiger partial charge in [0.2, 0.25) is 10.0 Å². The number of carboxylic acid groups (broad SMARTS) is 1. The van der Waals surface area contributed by atoms with Crippen LogP contribution in [0.4, 0.5) is 0 Å². The summed E-state index contributed by atoms with van der Waals surface area (Å²) in [6.07, 6.45) is 0. The highest BCUT2D eigenvalue weighted by Gasteiger charge is 2.25. The molecule has 0 spiro atoms. The van der Waals surface area contributed by atoms with Crippen molar-refractivity contribution in [2.45, 2.75) is 17.9 Å². The Morgan fingerprint density at radius 3 is 2.25 bits per heavy atom. The van der Waals surface area contributed by atoms with Gasteiger partial charge in [0, 0.05) is 12.1 Å². The van der Waals surface area contributed by atoms with Crippen molar-refractivity contribution in [3.05, 3.63) is 17.2 Å². The summed E-state index contributed by atoms with van der Waals surface area (Å²) in [4.78, 5) is 10.4. The zero-order valence-electron chi connectivity index (χ0n) is 11.0. The molecule has 1 rings (SSSR count). The van der Waals surface area contributed by atoms with E-state index in [0.29, 0.717) is 0 Å². The van der Waals surface area contributed by atoms with E-state index in [-0.39, 0.29) is 21.4 Å². The molecule has 0 saturated carbocycles. The molecule has 0 amide bonds. The first kappa shape index (κ1) is 16.5. The quantitative estimate of drug-likeness (QED) is 0.813. The molecule has 2 N–H and O–H groups in total. The molecule has 112 valence electrons. The van der Waals surface area contributed by atoms with Crippen molar-refractivity contribution in [1.29, 1.82) is 0 Å². The molecule has 0 fully saturated rings. The molecule has 0 heterocycles. The SMILES string of the molecule is COc1cc(Cl)c(S(=O)(=O)N[C@@H](C)C(=O)O)cc1OC. The van der Waals surface area contributed by atoms with Gasteiger partial charge in [-0.1, -0.05) is 11.6 Å². The smallest absolute Gasteiger partial charge is 0.321 e. The van der Waals surface area contributed by atoms with Crippen molar-refractivity contribution in [3.8, 4) is 11.5 Å². The number of carbonyl (C=O) groups is 1. The lowest BCUT2D eigenvalue weighted by Crippen LogP contribution is -2.38. The van der Waals surface area contributed by atoms with Gasteiger partial charge in [-0.05, 0) is 6.92 Å². The van der Waals surface area contributed by atoms with E-state index < -0.39 is 22.0 Å². The van der Waals surface area contributed by atoms with Crippen LogP contribution in [-0.4, -0.2) is 39.8 Å². The molecule has 0 bridgehead atoms. The van der Waals surface area contributed by atoms with Gasteiger partial charge in [0.05, 0.1) is 19.2 Å². The summed E-state index contributed by atoms with van der Waals surface area (Å²) >= 11 is 5.88. The highest BCUT2D eigenvalue weighted by atomic mass is 35.5. The minimum Gasteiger partial charge on any atom is -0.493 e. The maximum atomic E-state index is 12.1. The van der Waals surface area contributed by atoms with E-state index in [1.54, 1.807) is 0 Å². The normalized spacial score (nSPS) is 12.8. The van der Waals surface area contributed by atoms with Gasteiger partial charge in [0.15, 0.2) is 11.5 Å². The maximum absolute atomic E-state index is 12.1. The third-order valence-corrected chi connectivity index (χ3v) is 4.44. The molecule has 9 heteroatoms. The first-order valence-electron chi connectivity index (χ1n) is 5.39. The minimum atomic E-state index is -4.09. The number of sulfonamides is 1. The summed E-state index contributed by atoms with van der Waals surface area (Å²) in [6.45, 7) is 1.20. The Hall–Kier alpha value is -1.51. The van der Waals surface area contributed by atoms with Crippen molar-refractivity contribution >= 4 is 27.6 Å². The van der Waals surface area contributed by atoms with Gasteiger partial charge in [0.25, 0.3) is 0 Å². The van der Waals surface area contributed by atoms with Crippen molar-refractivity contribution in [2.75, 3.05) is 14.2 Å². The van der Waals surface area contributed by atoms with Crippen molar-refractivity contribution < 1.29 is 27.8 Å². The second-order valence-corrected chi connectivity index (χ2v) is 5.91. The molecule has 7 nitrogen and oxygen atoms in total. The number of halogens is 1. The maximum Gasteiger partial charge on any atom is 0.321 e. The summed E-state index contributed by atoms with van der Waals surface area (Å²) in [6, 6.07) is 1.16. The lowest BCUT2D eigenvalue weighted by Gasteiger charge is -2.14. The highest BCUT2D eigenvalue weighted by molar-refractivity contribution is 7.89.